The van der Waals surface area contributed by atoms with Gasteiger partial charge < -0.3 is 10.3 Å². The Bertz CT molecular complexity index is 768. The summed E-state index contributed by atoms with van der Waals surface area (Å²) in [4.78, 5) is 23.6. The van der Waals surface area contributed by atoms with Gasteiger partial charge in [0.05, 0.1) is 24.1 Å². The van der Waals surface area contributed by atoms with Crippen LogP contribution >= 0.6 is 0 Å². The molecule has 0 fully saturated rings. The van der Waals surface area contributed by atoms with Crippen LogP contribution in [0.1, 0.15) is 31.5 Å². The van der Waals surface area contributed by atoms with Gasteiger partial charge in [-0.2, -0.15) is 10.2 Å². The Hall–Kier alpha value is -3.01. The van der Waals surface area contributed by atoms with Crippen molar-refractivity contribution in [2.45, 2.75) is 37.9 Å². The largest absolute Gasteiger partial charge is 0.349 e. The lowest BCUT2D eigenvalue weighted by atomic mass is 10.0. The number of carbonyl (C=O) groups is 1. The summed E-state index contributed by atoms with van der Waals surface area (Å²) >= 11 is 0. The molecule has 1 amide bonds. The second-order valence-electron chi connectivity index (χ2n) is 5.62. The highest BCUT2D eigenvalue weighted by Gasteiger charge is 2.39. The van der Waals surface area contributed by atoms with Crippen LogP contribution in [0.3, 0.4) is 0 Å². The summed E-state index contributed by atoms with van der Waals surface area (Å²) in [5.74, 6) is 3.21. The zero-order valence-electron chi connectivity index (χ0n) is 13.2. The van der Waals surface area contributed by atoms with E-state index in [0.717, 1.165) is 11.4 Å². The molecule has 3 rings (SSSR count). The molecule has 1 aliphatic rings. The Kier molecular flexibility index (Phi) is 4.66. The Morgan fingerprint density at radius 2 is 2.17 bits per heavy atom. The van der Waals surface area contributed by atoms with Crippen LogP contribution in [0.25, 0.3) is 11.4 Å². The third kappa shape index (κ3) is 4.04. The molecule has 0 unspecified atom stereocenters. The molecule has 0 aliphatic carbocycles. The van der Waals surface area contributed by atoms with Gasteiger partial charge in [0.25, 0.3) is 0 Å². The maximum Gasteiger partial charge on any atom is 0.220 e. The quantitative estimate of drug-likeness (QED) is 0.731. The van der Waals surface area contributed by atoms with Crippen LogP contribution in [0.15, 0.2) is 40.8 Å². The van der Waals surface area contributed by atoms with Crippen molar-refractivity contribution in [1.82, 2.24) is 20.3 Å². The van der Waals surface area contributed by atoms with Crippen LogP contribution in [-0.4, -0.2) is 26.5 Å². The predicted octanol–water partition coefficient (Wildman–Crippen LogP) is 2.44. The van der Waals surface area contributed by atoms with Crippen molar-refractivity contribution in [3.8, 4) is 23.7 Å². The van der Waals surface area contributed by atoms with E-state index >= 15 is 0 Å². The van der Waals surface area contributed by atoms with Gasteiger partial charge in [0.2, 0.25) is 5.91 Å². The molecular weight excluding hydrogens is 304 g/mol. The molecule has 122 valence electrons. The number of amides is 1. The molecule has 0 bridgehead atoms. The number of pyridine rings is 1. The summed E-state index contributed by atoms with van der Waals surface area (Å²) in [6.45, 7) is 0.345. The minimum absolute atomic E-state index is 0.0526. The van der Waals surface area contributed by atoms with Gasteiger partial charge in [-0.15, -0.1) is 12.3 Å². The molecule has 2 N–H and O–H groups in total. The number of rotatable bonds is 8. The first-order valence-corrected chi connectivity index (χ1v) is 7.80. The summed E-state index contributed by atoms with van der Waals surface area (Å²) in [5, 5.41) is 10.9. The fourth-order valence-electron chi connectivity index (χ4n) is 2.36. The number of hydrogen-bond acceptors (Lipinski definition) is 5. The Labute approximate surface area is 140 Å². The third-order valence-corrected chi connectivity index (χ3v) is 3.83. The van der Waals surface area contributed by atoms with Crippen molar-refractivity contribution in [1.29, 1.82) is 0 Å². The van der Waals surface area contributed by atoms with Crippen molar-refractivity contribution in [2.24, 2.45) is 10.2 Å². The lowest BCUT2D eigenvalue weighted by Gasteiger charge is -2.08. The summed E-state index contributed by atoms with van der Waals surface area (Å²) in [6, 6.07) is 5.67. The maximum atomic E-state index is 12.0. The molecule has 0 saturated carbocycles. The molecule has 24 heavy (non-hydrogen) atoms. The highest BCUT2D eigenvalue weighted by molar-refractivity contribution is 5.75. The van der Waals surface area contributed by atoms with E-state index < -0.39 is 5.66 Å². The Balaban J connectivity index is 1.44. The molecule has 0 radical (unpaired) electrons. The normalized spacial score (nSPS) is 14.1. The van der Waals surface area contributed by atoms with E-state index in [4.69, 9.17) is 6.42 Å². The molecule has 7 heteroatoms. The molecular formula is C17H18N6O. The molecule has 2 aromatic heterocycles. The first-order valence-electron chi connectivity index (χ1n) is 7.80. The SMILES string of the molecule is C#CCCC1(CCC(=O)NCc2ncc(-c3ccccn3)[nH]2)N=N1. The van der Waals surface area contributed by atoms with E-state index in [-0.39, 0.29) is 5.91 Å². The zero-order chi connectivity index (χ0) is 16.8. The van der Waals surface area contributed by atoms with Crippen molar-refractivity contribution in [3.05, 3.63) is 36.4 Å². The van der Waals surface area contributed by atoms with Crippen molar-refractivity contribution in [2.75, 3.05) is 0 Å². The van der Waals surface area contributed by atoms with E-state index in [9.17, 15) is 4.79 Å². The fraction of sp³-hybridized carbons (Fsp3) is 0.353. The lowest BCUT2D eigenvalue weighted by Crippen LogP contribution is -2.25. The Morgan fingerprint density at radius 1 is 1.29 bits per heavy atom. The number of aromatic nitrogens is 3. The average Bonchev–Trinajstić information content (AvgIpc) is 3.23. The van der Waals surface area contributed by atoms with Gasteiger partial charge in [-0.1, -0.05) is 6.07 Å². The number of H-pyrrole nitrogens is 1. The van der Waals surface area contributed by atoms with Gasteiger partial charge in [-0.25, -0.2) is 4.98 Å². The molecule has 0 atom stereocenters. The summed E-state index contributed by atoms with van der Waals surface area (Å²) in [7, 11) is 0. The third-order valence-electron chi connectivity index (χ3n) is 3.83. The lowest BCUT2D eigenvalue weighted by molar-refractivity contribution is -0.121. The van der Waals surface area contributed by atoms with Crippen molar-refractivity contribution in [3.63, 3.8) is 0 Å². The van der Waals surface area contributed by atoms with Gasteiger partial charge in [0.15, 0.2) is 5.66 Å². The van der Waals surface area contributed by atoms with Crippen LogP contribution in [0.4, 0.5) is 0 Å². The molecule has 1 aliphatic heterocycles. The number of aromatic amines is 1. The molecule has 0 aromatic carbocycles. The smallest absolute Gasteiger partial charge is 0.220 e. The topological polar surface area (TPSA) is 95.4 Å². The summed E-state index contributed by atoms with van der Waals surface area (Å²) in [5.41, 5.74) is 1.22. The molecule has 0 saturated heterocycles. The molecule has 0 spiro atoms. The number of terminal acetylenes is 1. The molecule has 7 nitrogen and oxygen atoms in total. The summed E-state index contributed by atoms with van der Waals surface area (Å²) < 4.78 is 0. The monoisotopic (exact) mass is 322 g/mol. The standard InChI is InChI=1S/C17H18N6O/c1-2-3-8-17(22-23-17)9-7-16(24)20-12-15-19-11-14(21-15)13-6-4-5-10-18-13/h1,4-6,10-11H,3,7-9,12H2,(H,19,21)(H,20,24). The predicted molar refractivity (Wildman–Crippen MR) is 88.6 cm³/mol. The fourth-order valence-corrected chi connectivity index (χ4v) is 2.36. The van der Waals surface area contributed by atoms with Gasteiger partial charge in [0.1, 0.15) is 5.82 Å². The van der Waals surface area contributed by atoms with Crippen LogP contribution < -0.4 is 5.32 Å². The second kappa shape index (κ2) is 7.04. The summed E-state index contributed by atoms with van der Waals surface area (Å²) in [6.07, 6.45) is 11.0. The van der Waals surface area contributed by atoms with E-state index in [1.807, 2.05) is 18.2 Å². The van der Waals surface area contributed by atoms with Crippen LogP contribution in [-0.2, 0) is 11.3 Å². The van der Waals surface area contributed by atoms with Crippen molar-refractivity contribution >= 4 is 5.91 Å². The minimum Gasteiger partial charge on any atom is -0.349 e. The van der Waals surface area contributed by atoms with Crippen LogP contribution in [0.2, 0.25) is 0 Å². The Morgan fingerprint density at radius 3 is 2.88 bits per heavy atom. The zero-order valence-corrected chi connectivity index (χ0v) is 13.2. The first kappa shape index (κ1) is 15.9. The highest BCUT2D eigenvalue weighted by Crippen LogP contribution is 2.37. The number of nitrogens with one attached hydrogen (secondary N) is 2. The second-order valence-corrected chi connectivity index (χ2v) is 5.62. The van der Waals surface area contributed by atoms with E-state index in [1.165, 1.54) is 0 Å². The molecule has 3 heterocycles. The first-order chi connectivity index (χ1) is 11.7. The van der Waals surface area contributed by atoms with Crippen LogP contribution in [0.5, 0.6) is 0 Å². The number of imidazole rings is 1. The highest BCUT2D eigenvalue weighted by atomic mass is 16.1. The van der Waals surface area contributed by atoms with E-state index in [2.05, 4.69) is 36.4 Å². The van der Waals surface area contributed by atoms with Gasteiger partial charge in [-0.05, 0) is 12.1 Å². The van der Waals surface area contributed by atoms with Gasteiger partial charge in [-0.3, -0.25) is 9.78 Å². The van der Waals surface area contributed by atoms with E-state index in [1.54, 1.807) is 12.4 Å². The number of carbonyl (C=O) groups excluding carboxylic acids is 1. The van der Waals surface area contributed by atoms with E-state index in [0.29, 0.717) is 38.1 Å². The van der Waals surface area contributed by atoms with Gasteiger partial charge in [0, 0.05) is 31.9 Å². The maximum absolute atomic E-state index is 12.0. The number of nitrogens with zero attached hydrogens (tertiary/aromatic N) is 4. The average molecular weight is 322 g/mol. The minimum atomic E-state index is -0.416. The molecule has 2 aromatic rings. The number of hydrogen-bond donors (Lipinski definition) is 2. The van der Waals surface area contributed by atoms with Crippen LogP contribution in [0, 0.1) is 12.3 Å². The van der Waals surface area contributed by atoms with Crippen molar-refractivity contribution < 1.29 is 4.79 Å². The van der Waals surface area contributed by atoms with Gasteiger partial charge >= 0.3 is 0 Å².